The molecule has 0 saturated heterocycles. The number of methoxy groups -OCH3 is 1. The molecule has 1 N–H and O–H groups in total. The number of amides is 1. The molecule has 1 aromatic heterocycles. The van der Waals surface area contributed by atoms with Crippen LogP contribution in [0.1, 0.15) is 34.5 Å². The highest BCUT2D eigenvalue weighted by atomic mass is 35.5. The number of pyridine rings is 1. The van der Waals surface area contributed by atoms with Crippen molar-refractivity contribution in [3.05, 3.63) is 58.4 Å². The Morgan fingerprint density at radius 3 is 2.76 bits per heavy atom. The van der Waals surface area contributed by atoms with Gasteiger partial charge in [0.1, 0.15) is 10.9 Å². The molecule has 0 unspecified atom stereocenters. The molecular formula is C16H17ClN2O2. The smallest absolute Gasteiger partial charge is 0.251 e. The van der Waals surface area contributed by atoms with E-state index in [1.54, 1.807) is 13.2 Å². The van der Waals surface area contributed by atoms with Gasteiger partial charge in [-0.15, -0.1) is 0 Å². The summed E-state index contributed by atoms with van der Waals surface area (Å²) in [4.78, 5) is 16.1. The number of carbonyl (C=O) groups is 1. The molecule has 1 aromatic carbocycles. The van der Waals surface area contributed by atoms with Crippen molar-refractivity contribution in [3.63, 3.8) is 0 Å². The van der Waals surface area contributed by atoms with Crippen molar-refractivity contribution in [2.24, 2.45) is 0 Å². The van der Waals surface area contributed by atoms with Gasteiger partial charge in [0.15, 0.2) is 0 Å². The third kappa shape index (κ3) is 3.73. The van der Waals surface area contributed by atoms with Crippen LogP contribution in [0.5, 0.6) is 5.75 Å². The van der Waals surface area contributed by atoms with E-state index in [0.29, 0.717) is 10.7 Å². The van der Waals surface area contributed by atoms with Gasteiger partial charge < -0.3 is 10.1 Å². The second kappa shape index (κ2) is 6.59. The van der Waals surface area contributed by atoms with Gasteiger partial charge in [-0.1, -0.05) is 29.3 Å². The minimum Gasteiger partial charge on any atom is -0.496 e. The maximum atomic E-state index is 12.2. The number of rotatable bonds is 4. The molecule has 0 bridgehead atoms. The zero-order valence-electron chi connectivity index (χ0n) is 12.2. The summed E-state index contributed by atoms with van der Waals surface area (Å²) in [5, 5.41) is 3.23. The molecule has 21 heavy (non-hydrogen) atoms. The molecule has 0 aliphatic rings. The molecule has 2 aromatic rings. The standard InChI is InChI=1S/C16H17ClN2O2/c1-10-4-5-14(21-3)13(8-10)11(2)19-16(20)12-6-7-18-15(17)9-12/h4-9,11H,1-3H3,(H,19,20)/t11-/m1/s1. The van der Waals surface area contributed by atoms with E-state index in [4.69, 9.17) is 16.3 Å². The predicted octanol–water partition coefficient (Wildman–Crippen LogP) is 3.54. The Kier molecular flexibility index (Phi) is 4.81. The molecule has 0 saturated carbocycles. The van der Waals surface area contributed by atoms with Crippen LogP contribution in [0.4, 0.5) is 0 Å². The quantitative estimate of drug-likeness (QED) is 0.879. The second-order valence-electron chi connectivity index (χ2n) is 4.81. The number of aromatic nitrogens is 1. The van der Waals surface area contributed by atoms with Crippen LogP contribution in [0, 0.1) is 6.92 Å². The van der Waals surface area contributed by atoms with Gasteiger partial charge in [-0.05, 0) is 32.0 Å². The highest BCUT2D eigenvalue weighted by Crippen LogP contribution is 2.26. The lowest BCUT2D eigenvalue weighted by Crippen LogP contribution is -2.27. The van der Waals surface area contributed by atoms with Crippen molar-refractivity contribution in [1.29, 1.82) is 0 Å². The molecule has 1 amide bonds. The number of nitrogens with one attached hydrogen (secondary N) is 1. The van der Waals surface area contributed by atoms with Crippen molar-refractivity contribution >= 4 is 17.5 Å². The molecule has 0 fully saturated rings. The van der Waals surface area contributed by atoms with Gasteiger partial charge in [-0.2, -0.15) is 0 Å². The largest absolute Gasteiger partial charge is 0.496 e. The summed E-state index contributed by atoms with van der Waals surface area (Å²) in [6.45, 7) is 3.91. The first-order chi connectivity index (χ1) is 10.0. The fourth-order valence-corrected chi connectivity index (χ4v) is 2.27. The van der Waals surface area contributed by atoms with E-state index in [-0.39, 0.29) is 11.9 Å². The van der Waals surface area contributed by atoms with Gasteiger partial charge in [0.25, 0.3) is 5.91 Å². The Balaban J connectivity index is 2.20. The lowest BCUT2D eigenvalue weighted by Gasteiger charge is -2.18. The maximum absolute atomic E-state index is 12.2. The second-order valence-corrected chi connectivity index (χ2v) is 5.20. The van der Waals surface area contributed by atoms with Crippen LogP contribution >= 0.6 is 11.6 Å². The molecule has 0 aliphatic heterocycles. The highest BCUT2D eigenvalue weighted by Gasteiger charge is 2.15. The van der Waals surface area contributed by atoms with Crippen molar-refractivity contribution in [3.8, 4) is 5.75 Å². The molecule has 0 aliphatic carbocycles. The van der Waals surface area contributed by atoms with Crippen LogP contribution in [-0.2, 0) is 0 Å². The van der Waals surface area contributed by atoms with E-state index in [9.17, 15) is 4.79 Å². The third-order valence-corrected chi connectivity index (χ3v) is 3.39. The number of aryl methyl sites for hydroxylation is 1. The molecule has 1 heterocycles. The zero-order valence-corrected chi connectivity index (χ0v) is 12.9. The van der Waals surface area contributed by atoms with E-state index < -0.39 is 0 Å². The van der Waals surface area contributed by atoms with Gasteiger partial charge in [-0.25, -0.2) is 4.98 Å². The zero-order chi connectivity index (χ0) is 15.4. The van der Waals surface area contributed by atoms with Crippen molar-refractivity contribution < 1.29 is 9.53 Å². The average Bonchev–Trinajstić information content (AvgIpc) is 2.47. The lowest BCUT2D eigenvalue weighted by atomic mass is 10.0. The van der Waals surface area contributed by atoms with Crippen LogP contribution < -0.4 is 10.1 Å². The van der Waals surface area contributed by atoms with E-state index in [1.165, 1.54) is 12.3 Å². The summed E-state index contributed by atoms with van der Waals surface area (Å²) in [5.41, 5.74) is 2.53. The van der Waals surface area contributed by atoms with Crippen LogP contribution in [0.15, 0.2) is 36.5 Å². The van der Waals surface area contributed by atoms with Gasteiger partial charge in [0.05, 0.1) is 13.2 Å². The predicted molar refractivity (Wildman–Crippen MR) is 82.9 cm³/mol. The summed E-state index contributed by atoms with van der Waals surface area (Å²) in [6, 6.07) is 8.86. The Morgan fingerprint density at radius 1 is 1.33 bits per heavy atom. The Bertz CT molecular complexity index is 658. The fourth-order valence-electron chi connectivity index (χ4n) is 2.09. The molecule has 0 spiro atoms. The number of benzene rings is 1. The summed E-state index contributed by atoms with van der Waals surface area (Å²) < 4.78 is 5.35. The molecular weight excluding hydrogens is 288 g/mol. The number of hydrogen-bond acceptors (Lipinski definition) is 3. The fraction of sp³-hybridized carbons (Fsp3) is 0.250. The minimum atomic E-state index is -0.199. The Morgan fingerprint density at radius 2 is 2.10 bits per heavy atom. The summed E-state index contributed by atoms with van der Waals surface area (Å²) >= 11 is 5.80. The van der Waals surface area contributed by atoms with Gasteiger partial charge >= 0.3 is 0 Å². The van der Waals surface area contributed by atoms with E-state index in [0.717, 1.165) is 16.9 Å². The molecule has 0 radical (unpaired) electrons. The Hall–Kier alpha value is -2.07. The number of ether oxygens (including phenoxy) is 1. The number of hydrogen-bond donors (Lipinski definition) is 1. The number of halogens is 1. The number of carbonyl (C=O) groups excluding carboxylic acids is 1. The van der Waals surface area contributed by atoms with Gasteiger partial charge in [0.2, 0.25) is 0 Å². The van der Waals surface area contributed by atoms with E-state index >= 15 is 0 Å². The van der Waals surface area contributed by atoms with Gasteiger partial charge in [-0.3, -0.25) is 4.79 Å². The minimum absolute atomic E-state index is 0.181. The van der Waals surface area contributed by atoms with Crippen molar-refractivity contribution in [2.75, 3.05) is 7.11 Å². The van der Waals surface area contributed by atoms with Gasteiger partial charge in [0, 0.05) is 17.3 Å². The van der Waals surface area contributed by atoms with Crippen LogP contribution in [0.2, 0.25) is 5.15 Å². The normalized spacial score (nSPS) is 11.8. The van der Waals surface area contributed by atoms with Crippen LogP contribution in [0.3, 0.4) is 0 Å². The average molecular weight is 305 g/mol. The monoisotopic (exact) mass is 304 g/mol. The molecule has 4 nitrogen and oxygen atoms in total. The molecule has 110 valence electrons. The highest BCUT2D eigenvalue weighted by molar-refractivity contribution is 6.29. The first kappa shape index (κ1) is 15.3. The first-order valence-electron chi connectivity index (χ1n) is 6.58. The van der Waals surface area contributed by atoms with Crippen molar-refractivity contribution in [2.45, 2.75) is 19.9 Å². The topological polar surface area (TPSA) is 51.2 Å². The summed E-state index contributed by atoms with van der Waals surface area (Å²) in [6.07, 6.45) is 1.51. The van der Waals surface area contributed by atoms with E-state index in [2.05, 4.69) is 10.3 Å². The first-order valence-corrected chi connectivity index (χ1v) is 6.96. The summed E-state index contributed by atoms with van der Waals surface area (Å²) in [7, 11) is 1.62. The number of nitrogens with zero attached hydrogens (tertiary/aromatic N) is 1. The maximum Gasteiger partial charge on any atom is 0.251 e. The SMILES string of the molecule is COc1ccc(C)cc1[C@@H](C)NC(=O)c1ccnc(Cl)c1. The Labute approximate surface area is 129 Å². The third-order valence-electron chi connectivity index (χ3n) is 3.19. The molecule has 5 heteroatoms. The van der Waals surface area contributed by atoms with Crippen molar-refractivity contribution in [1.82, 2.24) is 10.3 Å². The van der Waals surface area contributed by atoms with Crippen LogP contribution in [-0.4, -0.2) is 18.0 Å². The molecule has 1 atom stereocenters. The lowest BCUT2D eigenvalue weighted by molar-refractivity contribution is 0.0939. The van der Waals surface area contributed by atoms with E-state index in [1.807, 2.05) is 32.0 Å². The summed E-state index contributed by atoms with van der Waals surface area (Å²) in [5.74, 6) is 0.552. The molecule has 2 rings (SSSR count). The van der Waals surface area contributed by atoms with Crippen LogP contribution in [0.25, 0.3) is 0 Å².